The van der Waals surface area contributed by atoms with Crippen LogP contribution in [0.5, 0.6) is 11.6 Å². The van der Waals surface area contributed by atoms with Gasteiger partial charge < -0.3 is 18.8 Å². The molecule has 3 fully saturated rings. The number of amides is 1. The van der Waals surface area contributed by atoms with Gasteiger partial charge in [0, 0.05) is 35.8 Å². The van der Waals surface area contributed by atoms with Crippen molar-refractivity contribution in [1.82, 2.24) is 24.2 Å². The molecule has 1 N–H and O–H groups in total. The van der Waals surface area contributed by atoms with Crippen LogP contribution < -0.4 is 14.2 Å². The van der Waals surface area contributed by atoms with Gasteiger partial charge in [-0.05, 0) is 62.1 Å². The second-order valence-electron chi connectivity index (χ2n) is 12.8. The lowest BCUT2D eigenvalue weighted by Crippen LogP contribution is -2.37. The number of methoxy groups -OCH3 is 1. The number of imidazole rings is 1. The van der Waals surface area contributed by atoms with Gasteiger partial charge in [-0.25, -0.2) is 27.5 Å². The molecule has 3 atom stereocenters. The highest BCUT2D eigenvalue weighted by molar-refractivity contribution is 7.89. The number of fused-ring (bicyclic) bond motifs is 2. The van der Waals surface area contributed by atoms with Crippen molar-refractivity contribution < 1.29 is 31.8 Å². The summed E-state index contributed by atoms with van der Waals surface area (Å²) >= 11 is 0. The first kappa shape index (κ1) is 32.0. The fourth-order valence-corrected chi connectivity index (χ4v) is 7.33. The van der Waals surface area contributed by atoms with Crippen LogP contribution in [0.25, 0.3) is 11.0 Å². The summed E-state index contributed by atoms with van der Waals surface area (Å²) in [4.78, 5) is 24.5. The Morgan fingerprint density at radius 1 is 1.23 bits per heavy atom. The first-order valence-electron chi connectivity index (χ1n) is 15.8. The van der Waals surface area contributed by atoms with Crippen molar-refractivity contribution in [1.29, 1.82) is 5.26 Å². The van der Waals surface area contributed by atoms with Gasteiger partial charge in [-0.1, -0.05) is 12.1 Å². The summed E-state index contributed by atoms with van der Waals surface area (Å²) in [5.41, 5.74) is 2.78. The molecule has 0 bridgehead atoms. The van der Waals surface area contributed by atoms with E-state index in [0.29, 0.717) is 54.1 Å². The molecule has 0 spiro atoms. The molecule has 250 valence electrons. The number of nitrogens with one attached hydrogen (secondary N) is 1. The van der Waals surface area contributed by atoms with E-state index in [1.807, 2.05) is 27.5 Å². The van der Waals surface area contributed by atoms with Crippen molar-refractivity contribution in [2.24, 2.45) is 5.92 Å². The normalized spacial score (nSPS) is 22.0. The van der Waals surface area contributed by atoms with Gasteiger partial charge in [0.05, 0.1) is 55.4 Å². The van der Waals surface area contributed by atoms with Crippen LogP contribution in [0.2, 0.25) is 0 Å². The van der Waals surface area contributed by atoms with Gasteiger partial charge in [0.25, 0.3) is 5.91 Å². The number of ether oxygens (including phenoxy) is 3. The first-order valence-corrected chi connectivity index (χ1v) is 17.7. The number of likely N-dealkylation sites (tertiary alicyclic amines) is 1. The number of aromatic nitrogens is 3. The van der Waals surface area contributed by atoms with Crippen LogP contribution in [0, 0.1) is 23.1 Å². The molecule has 2 saturated heterocycles. The largest absolute Gasteiger partial charge is 0.496 e. The molecule has 2 aromatic heterocycles. The van der Waals surface area contributed by atoms with Crippen molar-refractivity contribution in [3.05, 3.63) is 82.6 Å². The minimum absolute atomic E-state index is 0.0319. The highest BCUT2D eigenvalue weighted by Gasteiger charge is 2.58. The summed E-state index contributed by atoms with van der Waals surface area (Å²) in [5.74, 6) is 0.591. The first-order chi connectivity index (χ1) is 23.0. The van der Waals surface area contributed by atoms with Crippen LogP contribution in [0.15, 0.2) is 48.5 Å². The van der Waals surface area contributed by atoms with Gasteiger partial charge in [-0.3, -0.25) is 9.69 Å². The molecule has 48 heavy (non-hydrogen) atoms. The lowest BCUT2D eigenvalue weighted by molar-refractivity contribution is -0.0592. The molecule has 2 unspecified atom stereocenters. The van der Waals surface area contributed by atoms with Gasteiger partial charge in [0.15, 0.2) is 5.82 Å². The van der Waals surface area contributed by atoms with E-state index >= 15 is 4.39 Å². The van der Waals surface area contributed by atoms with Crippen molar-refractivity contribution in [2.75, 3.05) is 33.1 Å². The maximum atomic E-state index is 15.3. The molecule has 7 rings (SSSR count). The SMILES string of the molecule is COc1cc(C#N)ccc1COc1cccc(C23CCN(Cc4nc5c(F)cc(C(=O)NS(C)(=O)=O)cc5n4C[C@@H]4CCO4)CC2C3)n1. The van der Waals surface area contributed by atoms with E-state index in [1.165, 1.54) is 6.07 Å². The fraction of sp³-hybridized carbons (Fsp3) is 0.412. The molecular formula is C34H35FN6O6S. The Bertz CT molecular complexity index is 2060. The van der Waals surface area contributed by atoms with E-state index in [9.17, 15) is 18.5 Å². The second kappa shape index (κ2) is 12.5. The third-order valence-electron chi connectivity index (χ3n) is 9.58. The smallest absolute Gasteiger partial charge is 0.264 e. The molecule has 12 nitrogen and oxygen atoms in total. The van der Waals surface area contributed by atoms with E-state index in [2.05, 4.69) is 22.0 Å². The molecule has 1 saturated carbocycles. The molecule has 1 aliphatic carbocycles. The van der Waals surface area contributed by atoms with Crippen LogP contribution >= 0.6 is 0 Å². The Hall–Kier alpha value is -4.58. The number of nitrogens with zero attached hydrogens (tertiary/aromatic N) is 5. The van der Waals surface area contributed by atoms with E-state index in [-0.39, 0.29) is 29.2 Å². The highest BCUT2D eigenvalue weighted by Crippen LogP contribution is 2.59. The standard InChI is InChI=1S/C34H35FN6O6S/c1-45-28-12-21(16-36)6-7-22(28)20-47-31-5-3-4-29(37-31)34-9-10-40(17-24(34)15-34)19-30-38-32-26(35)13-23(33(42)39-48(2,43)44)14-27(32)41(30)18-25-8-11-46-25/h3-7,12-14,24-25H,8-11,15,17-20H2,1-2H3,(H,39,42)/t24?,25-,34?/m0/s1. The highest BCUT2D eigenvalue weighted by atomic mass is 32.2. The Kier molecular flexibility index (Phi) is 8.31. The summed E-state index contributed by atoms with van der Waals surface area (Å²) in [7, 11) is -2.26. The zero-order valence-electron chi connectivity index (χ0n) is 26.6. The Morgan fingerprint density at radius 2 is 2.06 bits per heavy atom. The summed E-state index contributed by atoms with van der Waals surface area (Å²) in [6.07, 6.45) is 3.59. The Labute approximate surface area is 277 Å². The van der Waals surface area contributed by atoms with Gasteiger partial charge in [-0.2, -0.15) is 5.26 Å². The van der Waals surface area contributed by atoms with E-state index < -0.39 is 21.7 Å². The molecule has 4 aromatic rings. The van der Waals surface area contributed by atoms with Crippen LogP contribution in [0.4, 0.5) is 4.39 Å². The van der Waals surface area contributed by atoms with Crippen molar-refractivity contribution in [2.45, 2.75) is 50.5 Å². The van der Waals surface area contributed by atoms with Crippen molar-refractivity contribution >= 4 is 27.0 Å². The molecular weight excluding hydrogens is 639 g/mol. The average Bonchev–Trinajstić information content (AvgIpc) is 3.68. The monoisotopic (exact) mass is 674 g/mol. The lowest BCUT2D eigenvalue weighted by Gasteiger charge is -2.32. The average molecular weight is 675 g/mol. The van der Waals surface area contributed by atoms with E-state index in [1.54, 1.807) is 19.2 Å². The molecule has 1 amide bonds. The van der Waals surface area contributed by atoms with Crippen LogP contribution in [0.3, 0.4) is 0 Å². The number of hydrogen-bond donors (Lipinski definition) is 1. The summed E-state index contributed by atoms with van der Waals surface area (Å²) in [6, 6.07) is 15.7. The number of piperidine rings is 1. The van der Waals surface area contributed by atoms with Gasteiger partial charge in [0.2, 0.25) is 15.9 Å². The minimum Gasteiger partial charge on any atom is -0.496 e. The van der Waals surface area contributed by atoms with Gasteiger partial charge >= 0.3 is 0 Å². The third-order valence-corrected chi connectivity index (χ3v) is 10.1. The van der Waals surface area contributed by atoms with Gasteiger partial charge in [-0.15, -0.1) is 0 Å². The van der Waals surface area contributed by atoms with Crippen LogP contribution in [0.1, 0.15) is 52.3 Å². The zero-order chi connectivity index (χ0) is 33.6. The molecule has 0 radical (unpaired) electrons. The predicted molar refractivity (Wildman–Crippen MR) is 172 cm³/mol. The summed E-state index contributed by atoms with van der Waals surface area (Å²) in [5, 5.41) is 9.18. The molecule has 2 aromatic carbocycles. The van der Waals surface area contributed by atoms with Crippen molar-refractivity contribution in [3.63, 3.8) is 0 Å². The summed E-state index contributed by atoms with van der Waals surface area (Å²) in [6.45, 7) is 3.47. The topological polar surface area (TPSA) is 149 Å². The number of benzene rings is 2. The predicted octanol–water partition coefficient (Wildman–Crippen LogP) is 3.67. The molecule has 2 aliphatic heterocycles. The Morgan fingerprint density at radius 3 is 2.77 bits per heavy atom. The number of sulfonamides is 1. The fourth-order valence-electron chi connectivity index (χ4n) is 6.87. The zero-order valence-corrected chi connectivity index (χ0v) is 27.4. The number of halogens is 1. The van der Waals surface area contributed by atoms with Gasteiger partial charge in [0.1, 0.15) is 23.7 Å². The molecule has 3 aliphatic rings. The minimum atomic E-state index is -3.82. The van der Waals surface area contributed by atoms with Crippen LogP contribution in [-0.2, 0) is 39.9 Å². The summed E-state index contributed by atoms with van der Waals surface area (Å²) < 4.78 is 59.6. The second-order valence-corrected chi connectivity index (χ2v) is 14.5. The lowest BCUT2D eigenvalue weighted by atomic mass is 9.91. The molecule has 4 heterocycles. The van der Waals surface area contributed by atoms with E-state index in [4.69, 9.17) is 19.2 Å². The third kappa shape index (κ3) is 6.33. The quantitative estimate of drug-likeness (QED) is 0.250. The number of carbonyl (C=O) groups excluding carboxylic acids is 1. The van der Waals surface area contributed by atoms with Crippen LogP contribution in [-0.4, -0.2) is 72.9 Å². The maximum absolute atomic E-state index is 15.3. The Balaban J connectivity index is 1.06. The number of nitriles is 1. The number of pyridine rings is 1. The number of hydrogen-bond acceptors (Lipinski definition) is 10. The molecule has 14 heteroatoms. The maximum Gasteiger partial charge on any atom is 0.264 e. The number of rotatable bonds is 11. The van der Waals surface area contributed by atoms with Crippen molar-refractivity contribution in [3.8, 4) is 17.7 Å². The number of carbonyl (C=O) groups is 1. The van der Waals surface area contributed by atoms with E-state index in [0.717, 1.165) is 55.9 Å².